The average molecular weight is 602 g/mol. The van der Waals surface area contributed by atoms with Crippen LogP contribution in [0.1, 0.15) is 35.2 Å². The van der Waals surface area contributed by atoms with Crippen LogP contribution < -0.4 is 18.9 Å². The predicted molar refractivity (Wildman–Crippen MR) is 164 cm³/mol. The van der Waals surface area contributed by atoms with E-state index in [1.165, 1.54) is 14.1 Å². The van der Waals surface area contributed by atoms with Gasteiger partial charge in [0.1, 0.15) is 12.0 Å². The van der Waals surface area contributed by atoms with Gasteiger partial charge >= 0.3 is 6.03 Å². The summed E-state index contributed by atoms with van der Waals surface area (Å²) in [6, 6.07) is 18.4. The molecule has 4 amide bonds. The smallest absolute Gasteiger partial charge is 0.332 e. The maximum absolute atomic E-state index is 14.0. The Morgan fingerprint density at radius 3 is 2.02 bits per heavy atom. The summed E-state index contributed by atoms with van der Waals surface area (Å²) in [6.45, 7) is 3.15. The second kappa shape index (κ2) is 12.6. The lowest BCUT2D eigenvalue weighted by atomic mass is 9.76. The molecule has 0 aliphatic carbocycles. The topological polar surface area (TPSA) is 97.8 Å². The van der Waals surface area contributed by atoms with Gasteiger partial charge < -0.3 is 18.9 Å². The molecule has 0 saturated carbocycles. The summed E-state index contributed by atoms with van der Waals surface area (Å²) < 4.78 is 22.7. The van der Waals surface area contributed by atoms with Gasteiger partial charge in [0.15, 0.2) is 23.0 Å². The first kappa shape index (κ1) is 30.9. The molecular formula is C34H39N3O7. The highest BCUT2D eigenvalue weighted by Gasteiger charge is 2.56. The number of urea groups is 1. The molecule has 2 aliphatic rings. The molecule has 5 rings (SSSR count). The summed E-state index contributed by atoms with van der Waals surface area (Å²) in [6.07, 6.45) is 0.772. The summed E-state index contributed by atoms with van der Waals surface area (Å²) >= 11 is 0. The van der Waals surface area contributed by atoms with Crippen LogP contribution in [0.4, 0.5) is 4.79 Å². The molecule has 3 aromatic rings. The van der Waals surface area contributed by atoms with Crippen molar-refractivity contribution in [3.8, 4) is 23.0 Å². The fourth-order valence-corrected chi connectivity index (χ4v) is 6.26. The zero-order chi connectivity index (χ0) is 31.6. The van der Waals surface area contributed by atoms with Crippen LogP contribution in [-0.2, 0) is 29.0 Å². The van der Waals surface area contributed by atoms with Gasteiger partial charge in [-0.05, 0) is 66.3 Å². The maximum Gasteiger partial charge on any atom is 0.332 e. The second-order valence-electron chi connectivity index (χ2n) is 11.3. The Morgan fingerprint density at radius 2 is 1.39 bits per heavy atom. The summed E-state index contributed by atoms with van der Waals surface area (Å²) in [5, 5.41) is 0. The molecule has 10 heteroatoms. The SMILES string of the molecule is COc1cc2c(cc1OC)[C@@H](C)N(CC1(Cc3ccc(OCc4ccccc4)c(OC)c3)C(=O)N(C)C(=O)N(C)C1=O)CC2. The van der Waals surface area contributed by atoms with E-state index >= 15 is 0 Å². The van der Waals surface area contributed by atoms with Gasteiger partial charge in [-0.15, -0.1) is 0 Å². The number of imide groups is 2. The lowest BCUT2D eigenvalue weighted by Gasteiger charge is -2.46. The van der Waals surface area contributed by atoms with Gasteiger partial charge in [-0.1, -0.05) is 36.4 Å². The Morgan fingerprint density at radius 1 is 0.773 bits per heavy atom. The molecule has 44 heavy (non-hydrogen) atoms. The third kappa shape index (κ3) is 5.57. The Balaban J connectivity index is 1.48. The molecule has 1 atom stereocenters. The largest absolute Gasteiger partial charge is 0.493 e. The molecule has 0 unspecified atom stereocenters. The van der Waals surface area contributed by atoms with Crippen molar-refractivity contribution in [1.82, 2.24) is 14.7 Å². The number of hydrogen-bond donors (Lipinski definition) is 0. The van der Waals surface area contributed by atoms with E-state index in [2.05, 4.69) is 11.8 Å². The fraction of sp³-hybridized carbons (Fsp3) is 0.382. The number of hydrogen-bond acceptors (Lipinski definition) is 8. The van der Waals surface area contributed by atoms with Crippen LogP contribution in [0.2, 0.25) is 0 Å². The lowest BCUT2D eigenvalue weighted by molar-refractivity contribution is -0.159. The quantitative estimate of drug-likeness (QED) is 0.314. The van der Waals surface area contributed by atoms with E-state index in [0.717, 1.165) is 26.5 Å². The minimum absolute atomic E-state index is 0.0734. The monoisotopic (exact) mass is 601 g/mol. The number of barbiturate groups is 1. The summed E-state index contributed by atoms with van der Waals surface area (Å²) in [5.41, 5.74) is 2.35. The van der Waals surface area contributed by atoms with Crippen molar-refractivity contribution in [2.24, 2.45) is 5.41 Å². The van der Waals surface area contributed by atoms with Crippen molar-refractivity contribution in [2.75, 3.05) is 48.5 Å². The van der Waals surface area contributed by atoms with E-state index in [-0.39, 0.29) is 19.0 Å². The third-order valence-corrected chi connectivity index (χ3v) is 8.76. The van der Waals surface area contributed by atoms with Gasteiger partial charge in [0.05, 0.1) is 21.3 Å². The van der Waals surface area contributed by atoms with Crippen LogP contribution in [0.5, 0.6) is 23.0 Å². The zero-order valence-corrected chi connectivity index (χ0v) is 26.1. The molecule has 0 N–H and O–H groups in total. The molecule has 1 saturated heterocycles. The highest BCUT2D eigenvalue weighted by atomic mass is 16.5. The molecular weight excluding hydrogens is 562 g/mol. The number of carbonyl (C=O) groups excluding carboxylic acids is 3. The summed E-state index contributed by atoms with van der Waals surface area (Å²) in [4.78, 5) is 45.1. The molecule has 1 fully saturated rings. The number of ether oxygens (including phenoxy) is 4. The van der Waals surface area contributed by atoms with Crippen molar-refractivity contribution in [1.29, 1.82) is 0 Å². The molecule has 0 bridgehead atoms. The van der Waals surface area contributed by atoms with Crippen LogP contribution in [0.15, 0.2) is 60.7 Å². The Hall–Kier alpha value is -4.57. The van der Waals surface area contributed by atoms with Gasteiger partial charge in [0.25, 0.3) is 0 Å². The molecule has 10 nitrogen and oxygen atoms in total. The summed E-state index contributed by atoms with van der Waals surface area (Å²) in [5.74, 6) is 1.26. The molecule has 0 spiro atoms. The number of nitrogens with zero attached hydrogens (tertiary/aromatic N) is 3. The van der Waals surface area contributed by atoms with Gasteiger partial charge in [-0.2, -0.15) is 0 Å². The van der Waals surface area contributed by atoms with Crippen molar-refractivity contribution in [3.05, 3.63) is 82.9 Å². The highest BCUT2D eigenvalue weighted by molar-refractivity contribution is 6.19. The second-order valence-corrected chi connectivity index (χ2v) is 11.3. The number of carbonyl (C=O) groups is 3. The standard InChI is InChI=1S/C34H39N3O7/c1-22-26-18-30(43-6)29(42-5)17-25(26)14-15-37(22)21-34(31(38)35(2)33(40)36(3)32(34)39)19-24-12-13-27(28(16-24)41-4)44-20-23-10-8-7-9-11-23/h7-13,16-18,22H,14-15,19-21H2,1-6H3/t22-/m1/s1. The number of rotatable bonds is 10. The predicted octanol–water partition coefficient (Wildman–Crippen LogP) is 4.49. The highest BCUT2D eigenvalue weighted by Crippen LogP contribution is 2.42. The van der Waals surface area contributed by atoms with Gasteiger partial charge in [0, 0.05) is 33.2 Å². The van der Waals surface area contributed by atoms with Crippen LogP contribution in [0.3, 0.4) is 0 Å². The molecule has 2 aliphatic heterocycles. The Labute approximate surface area is 258 Å². The van der Waals surface area contributed by atoms with E-state index in [1.54, 1.807) is 33.5 Å². The zero-order valence-electron chi connectivity index (χ0n) is 26.1. The average Bonchev–Trinajstić information content (AvgIpc) is 3.06. The van der Waals surface area contributed by atoms with E-state index in [1.807, 2.05) is 48.5 Å². The van der Waals surface area contributed by atoms with E-state index in [9.17, 15) is 14.4 Å². The normalized spacial score (nSPS) is 18.2. The Bertz CT molecular complexity index is 1530. The van der Waals surface area contributed by atoms with E-state index in [4.69, 9.17) is 18.9 Å². The van der Waals surface area contributed by atoms with Gasteiger partial charge in [-0.3, -0.25) is 24.3 Å². The fourth-order valence-electron chi connectivity index (χ4n) is 6.26. The van der Waals surface area contributed by atoms with Crippen molar-refractivity contribution < 1.29 is 33.3 Å². The number of methoxy groups -OCH3 is 3. The van der Waals surface area contributed by atoms with Crippen LogP contribution in [-0.4, -0.2) is 81.1 Å². The Kier molecular flexibility index (Phi) is 8.82. The molecule has 0 radical (unpaired) electrons. The minimum Gasteiger partial charge on any atom is -0.493 e. The maximum atomic E-state index is 14.0. The number of fused-ring (bicyclic) bond motifs is 1. The van der Waals surface area contributed by atoms with Crippen LogP contribution in [0.25, 0.3) is 0 Å². The first-order chi connectivity index (χ1) is 21.1. The number of amides is 4. The molecule has 2 heterocycles. The third-order valence-electron chi connectivity index (χ3n) is 8.76. The van der Waals surface area contributed by atoms with Crippen molar-refractivity contribution in [3.63, 3.8) is 0 Å². The van der Waals surface area contributed by atoms with E-state index < -0.39 is 23.3 Å². The van der Waals surface area contributed by atoms with Crippen LogP contribution >= 0.6 is 0 Å². The van der Waals surface area contributed by atoms with Crippen molar-refractivity contribution >= 4 is 17.8 Å². The first-order valence-electron chi connectivity index (χ1n) is 14.6. The lowest BCUT2D eigenvalue weighted by Crippen LogP contribution is -2.67. The van der Waals surface area contributed by atoms with Crippen molar-refractivity contribution in [2.45, 2.75) is 32.4 Å². The molecule has 0 aromatic heterocycles. The first-order valence-corrected chi connectivity index (χ1v) is 14.6. The van der Waals surface area contributed by atoms with Gasteiger partial charge in [0.2, 0.25) is 11.8 Å². The minimum atomic E-state index is -1.54. The number of benzene rings is 3. The van der Waals surface area contributed by atoms with Gasteiger partial charge in [-0.25, -0.2) is 4.79 Å². The summed E-state index contributed by atoms with van der Waals surface area (Å²) in [7, 11) is 7.61. The van der Waals surface area contributed by atoms with E-state index in [0.29, 0.717) is 48.1 Å². The molecule has 232 valence electrons. The molecule has 3 aromatic carbocycles. The van der Waals surface area contributed by atoms with Crippen LogP contribution in [0, 0.1) is 5.41 Å².